The second-order valence-corrected chi connectivity index (χ2v) is 5.48. The number of carboxylic acid groups (broad SMARTS) is 1. The van der Waals surface area contributed by atoms with E-state index >= 15 is 0 Å². The maximum atomic E-state index is 12.3. The lowest BCUT2D eigenvalue weighted by atomic mass is 9.78. The van der Waals surface area contributed by atoms with Crippen molar-refractivity contribution in [1.29, 1.82) is 0 Å². The van der Waals surface area contributed by atoms with Gasteiger partial charge in [-0.1, -0.05) is 43.2 Å². The Morgan fingerprint density at radius 1 is 1.15 bits per heavy atom. The second kappa shape index (κ2) is 6.55. The van der Waals surface area contributed by atoms with E-state index in [1.807, 2.05) is 37.3 Å². The van der Waals surface area contributed by atoms with Gasteiger partial charge in [-0.25, -0.2) is 0 Å². The number of amides is 1. The van der Waals surface area contributed by atoms with Crippen molar-refractivity contribution in [3.63, 3.8) is 0 Å². The molecule has 4 nitrogen and oxygen atoms in total. The Morgan fingerprint density at radius 2 is 1.75 bits per heavy atom. The van der Waals surface area contributed by atoms with Crippen LogP contribution in [0.1, 0.15) is 44.2 Å². The molecule has 1 aromatic rings. The maximum Gasteiger partial charge on any atom is 0.307 e. The summed E-state index contributed by atoms with van der Waals surface area (Å²) in [5.41, 5.74) is 1.03. The van der Waals surface area contributed by atoms with Crippen molar-refractivity contribution in [2.75, 3.05) is 0 Å². The van der Waals surface area contributed by atoms with Crippen molar-refractivity contribution >= 4 is 11.9 Å². The summed E-state index contributed by atoms with van der Waals surface area (Å²) < 4.78 is 0. The van der Waals surface area contributed by atoms with Crippen LogP contribution >= 0.6 is 0 Å². The zero-order valence-corrected chi connectivity index (χ0v) is 11.7. The fraction of sp³-hybridized carbons (Fsp3) is 0.500. The van der Waals surface area contributed by atoms with Crippen LogP contribution < -0.4 is 5.32 Å². The summed E-state index contributed by atoms with van der Waals surface area (Å²) in [5, 5.41) is 12.2. The van der Waals surface area contributed by atoms with Crippen LogP contribution in [0.4, 0.5) is 0 Å². The summed E-state index contributed by atoms with van der Waals surface area (Å²) in [4.78, 5) is 23.6. The van der Waals surface area contributed by atoms with E-state index in [4.69, 9.17) is 0 Å². The van der Waals surface area contributed by atoms with Crippen LogP contribution in [0.2, 0.25) is 0 Å². The Balaban J connectivity index is 2.01. The Labute approximate surface area is 119 Å². The first-order valence-corrected chi connectivity index (χ1v) is 7.17. The van der Waals surface area contributed by atoms with E-state index < -0.39 is 17.8 Å². The molecule has 2 rings (SSSR count). The van der Waals surface area contributed by atoms with E-state index in [1.165, 1.54) is 0 Å². The SMILES string of the molecule is C[C@@H](NC(=O)[C@@H]1CCCC[C@@H]1C(=O)O)c1ccccc1. The van der Waals surface area contributed by atoms with E-state index in [0.717, 1.165) is 18.4 Å². The van der Waals surface area contributed by atoms with E-state index in [0.29, 0.717) is 12.8 Å². The third-order valence-corrected chi connectivity index (χ3v) is 4.08. The molecule has 20 heavy (non-hydrogen) atoms. The molecule has 108 valence electrons. The number of carbonyl (C=O) groups excluding carboxylic acids is 1. The lowest BCUT2D eigenvalue weighted by Crippen LogP contribution is -2.40. The van der Waals surface area contributed by atoms with Crippen LogP contribution in [0.25, 0.3) is 0 Å². The average Bonchev–Trinajstić information content (AvgIpc) is 2.48. The molecule has 3 atom stereocenters. The number of carbonyl (C=O) groups is 2. The zero-order valence-electron chi connectivity index (χ0n) is 11.7. The van der Waals surface area contributed by atoms with Crippen molar-refractivity contribution in [2.45, 2.75) is 38.6 Å². The van der Waals surface area contributed by atoms with E-state index in [2.05, 4.69) is 5.32 Å². The summed E-state index contributed by atoms with van der Waals surface area (Å²) in [6, 6.07) is 9.61. The fourth-order valence-corrected chi connectivity index (χ4v) is 2.89. The minimum Gasteiger partial charge on any atom is -0.481 e. The second-order valence-electron chi connectivity index (χ2n) is 5.48. The van der Waals surface area contributed by atoms with Crippen LogP contribution in [0, 0.1) is 11.8 Å². The highest BCUT2D eigenvalue weighted by Gasteiger charge is 2.36. The van der Waals surface area contributed by atoms with Gasteiger partial charge in [-0.15, -0.1) is 0 Å². The molecule has 1 saturated carbocycles. The van der Waals surface area contributed by atoms with Crippen LogP contribution in [0.15, 0.2) is 30.3 Å². The van der Waals surface area contributed by atoms with E-state index in [9.17, 15) is 14.7 Å². The predicted octanol–water partition coefficient (Wildman–Crippen LogP) is 2.75. The molecule has 1 amide bonds. The number of aliphatic carboxylic acids is 1. The molecule has 4 heteroatoms. The van der Waals surface area contributed by atoms with Crippen molar-refractivity contribution < 1.29 is 14.7 Å². The molecular weight excluding hydrogens is 254 g/mol. The number of rotatable bonds is 4. The topological polar surface area (TPSA) is 66.4 Å². The first-order chi connectivity index (χ1) is 9.59. The van der Waals surface area contributed by atoms with Crippen LogP contribution in [0.3, 0.4) is 0 Å². The zero-order chi connectivity index (χ0) is 14.5. The Hall–Kier alpha value is -1.84. The minimum absolute atomic E-state index is 0.0972. The molecule has 1 aromatic carbocycles. The monoisotopic (exact) mass is 275 g/mol. The highest BCUT2D eigenvalue weighted by molar-refractivity contribution is 5.85. The normalized spacial score (nSPS) is 23.9. The first-order valence-electron chi connectivity index (χ1n) is 7.17. The van der Waals surface area contributed by atoms with Crippen molar-refractivity contribution in [1.82, 2.24) is 5.32 Å². The molecule has 0 spiro atoms. The number of hydrogen-bond acceptors (Lipinski definition) is 2. The van der Waals surface area contributed by atoms with Crippen LogP contribution in [0.5, 0.6) is 0 Å². The standard InChI is InChI=1S/C16H21NO3/c1-11(12-7-3-2-4-8-12)17-15(18)13-9-5-6-10-14(13)16(19)20/h2-4,7-8,11,13-14H,5-6,9-10H2,1H3,(H,17,18)(H,19,20)/t11-,13-,14+/m1/s1. The Bertz CT molecular complexity index is 472. The molecule has 1 aliphatic rings. The molecule has 0 aliphatic heterocycles. The Morgan fingerprint density at radius 3 is 2.35 bits per heavy atom. The van der Waals surface area contributed by atoms with Gasteiger partial charge in [-0.2, -0.15) is 0 Å². The summed E-state index contributed by atoms with van der Waals surface area (Å²) in [5.74, 6) is -1.91. The predicted molar refractivity (Wildman–Crippen MR) is 76.1 cm³/mol. The molecule has 0 bridgehead atoms. The van der Waals surface area contributed by atoms with Crippen LogP contribution in [-0.4, -0.2) is 17.0 Å². The van der Waals surface area contributed by atoms with Gasteiger partial charge in [-0.05, 0) is 25.3 Å². The quantitative estimate of drug-likeness (QED) is 0.888. The Kier molecular flexibility index (Phi) is 4.77. The third-order valence-electron chi connectivity index (χ3n) is 4.08. The molecule has 2 N–H and O–H groups in total. The van der Waals surface area contributed by atoms with Gasteiger partial charge in [0.05, 0.1) is 17.9 Å². The van der Waals surface area contributed by atoms with Gasteiger partial charge in [0.2, 0.25) is 5.91 Å². The lowest BCUT2D eigenvalue weighted by Gasteiger charge is -2.28. The van der Waals surface area contributed by atoms with Gasteiger partial charge in [0.1, 0.15) is 0 Å². The van der Waals surface area contributed by atoms with E-state index in [1.54, 1.807) is 0 Å². The molecule has 0 unspecified atom stereocenters. The van der Waals surface area contributed by atoms with Crippen molar-refractivity contribution in [2.24, 2.45) is 11.8 Å². The molecule has 0 aromatic heterocycles. The lowest BCUT2D eigenvalue weighted by molar-refractivity contribution is -0.149. The van der Waals surface area contributed by atoms with Gasteiger partial charge >= 0.3 is 5.97 Å². The smallest absolute Gasteiger partial charge is 0.307 e. The largest absolute Gasteiger partial charge is 0.481 e. The van der Waals surface area contributed by atoms with Gasteiger partial charge < -0.3 is 10.4 Å². The molecular formula is C16H21NO3. The average molecular weight is 275 g/mol. The van der Waals surface area contributed by atoms with Crippen molar-refractivity contribution in [3.05, 3.63) is 35.9 Å². The third kappa shape index (κ3) is 3.38. The van der Waals surface area contributed by atoms with Gasteiger partial charge in [0, 0.05) is 0 Å². The molecule has 0 saturated heterocycles. The highest BCUT2D eigenvalue weighted by Crippen LogP contribution is 2.31. The minimum atomic E-state index is -0.850. The molecule has 1 aliphatic carbocycles. The van der Waals surface area contributed by atoms with E-state index in [-0.39, 0.29) is 11.9 Å². The summed E-state index contributed by atoms with van der Waals surface area (Å²) >= 11 is 0. The number of hydrogen-bond donors (Lipinski definition) is 2. The first kappa shape index (κ1) is 14.6. The van der Waals surface area contributed by atoms with Crippen molar-refractivity contribution in [3.8, 4) is 0 Å². The summed E-state index contributed by atoms with van der Waals surface area (Å²) in [7, 11) is 0. The van der Waals surface area contributed by atoms with Gasteiger partial charge in [-0.3, -0.25) is 9.59 Å². The fourth-order valence-electron chi connectivity index (χ4n) is 2.89. The molecule has 0 heterocycles. The highest BCUT2D eigenvalue weighted by atomic mass is 16.4. The molecule has 1 fully saturated rings. The summed E-state index contributed by atoms with van der Waals surface area (Å²) in [6.45, 7) is 1.92. The number of benzene rings is 1. The van der Waals surface area contributed by atoms with Gasteiger partial charge in [0.25, 0.3) is 0 Å². The number of nitrogens with one attached hydrogen (secondary N) is 1. The molecule has 0 radical (unpaired) electrons. The van der Waals surface area contributed by atoms with Crippen LogP contribution in [-0.2, 0) is 9.59 Å². The van der Waals surface area contributed by atoms with Gasteiger partial charge in [0.15, 0.2) is 0 Å². The summed E-state index contributed by atoms with van der Waals surface area (Å²) in [6.07, 6.45) is 3.11. The number of carboxylic acids is 1. The maximum absolute atomic E-state index is 12.3.